The number of carboxylic acid groups (broad SMARTS) is 1. The fraction of sp³-hybridized carbons (Fsp3) is 0.435. The zero-order valence-corrected chi connectivity index (χ0v) is 20.5. The van der Waals surface area contributed by atoms with Gasteiger partial charge in [-0.05, 0) is 11.5 Å². The van der Waals surface area contributed by atoms with Crippen molar-refractivity contribution in [2.24, 2.45) is 11.7 Å². The van der Waals surface area contributed by atoms with Crippen molar-refractivity contribution in [2.45, 2.75) is 50.9 Å². The summed E-state index contributed by atoms with van der Waals surface area (Å²) in [6.07, 6.45) is 3.40. The summed E-state index contributed by atoms with van der Waals surface area (Å²) in [7, 11) is 0. The quantitative estimate of drug-likeness (QED) is 0.182. The number of rotatable bonds is 13. The van der Waals surface area contributed by atoms with E-state index in [2.05, 4.69) is 38.5 Å². The third-order valence-electron chi connectivity index (χ3n) is 5.29. The molecule has 0 bridgehead atoms. The molecule has 0 spiro atoms. The number of H-pyrrole nitrogens is 1. The lowest BCUT2D eigenvalue weighted by molar-refractivity contribution is -0.142. The van der Waals surface area contributed by atoms with Crippen LogP contribution in [0.3, 0.4) is 0 Å². The lowest BCUT2D eigenvalue weighted by atomic mass is 10.00. The minimum atomic E-state index is -1.23. The van der Waals surface area contributed by atoms with Crippen LogP contribution in [0.15, 0.2) is 42.9 Å². The molecule has 0 aliphatic heterocycles. The van der Waals surface area contributed by atoms with E-state index in [1.807, 2.05) is 30.3 Å². The Balaban J connectivity index is 2.16. The Morgan fingerprint density at radius 1 is 1.00 bits per heavy atom. The van der Waals surface area contributed by atoms with Gasteiger partial charge in [0.25, 0.3) is 0 Å². The fourth-order valence-electron chi connectivity index (χ4n) is 3.30. The molecule has 35 heavy (non-hydrogen) atoms. The van der Waals surface area contributed by atoms with Crippen molar-refractivity contribution >= 4 is 36.3 Å². The van der Waals surface area contributed by atoms with Crippen molar-refractivity contribution in [2.75, 3.05) is 5.75 Å². The van der Waals surface area contributed by atoms with E-state index in [4.69, 9.17) is 5.73 Å². The zero-order valence-electron chi connectivity index (χ0n) is 19.6. The molecule has 0 aliphatic carbocycles. The maximum absolute atomic E-state index is 13.2. The number of aromatic amines is 1. The number of hydrogen-bond acceptors (Lipinski definition) is 7. The molecule has 7 N–H and O–H groups in total. The van der Waals surface area contributed by atoms with Gasteiger partial charge in [0, 0.05) is 30.5 Å². The van der Waals surface area contributed by atoms with Gasteiger partial charge in [-0.2, -0.15) is 12.6 Å². The van der Waals surface area contributed by atoms with Crippen LogP contribution in [0.1, 0.15) is 25.1 Å². The molecule has 4 atom stereocenters. The van der Waals surface area contributed by atoms with Crippen LogP contribution in [0.2, 0.25) is 0 Å². The Labute approximate surface area is 209 Å². The van der Waals surface area contributed by atoms with Gasteiger partial charge in [0.2, 0.25) is 17.7 Å². The lowest BCUT2D eigenvalue weighted by Crippen LogP contribution is -2.59. The molecule has 11 nitrogen and oxygen atoms in total. The maximum Gasteiger partial charge on any atom is 0.327 e. The number of aromatic nitrogens is 2. The van der Waals surface area contributed by atoms with Crippen molar-refractivity contribution in [1.29, 1.82) is 0 Å². The molecule has 12 heteroatoms. The van der Waals surface area contributed by atoms with Crippen molar-refractivity contribution in [3.63, 3.8) is 0 Å². The summed E-state index contributed by atoms with van der Waals surface area (Å²) < 4.78 is 0. The van der Waals surface area contributed by atoms with Crippen LogP contribution in [0, 0.1) is 5.92 Å². The predicted molar refractivity (Wildman–Crippen MR) is 133 cm³/mol. The summed E-state index contributed by atoms with van der Waals surface area (Å²) in [5.41, 5.74) is 7.49. The average molecular weight is 505 g/mol. The van der Waals surface area contributed by atoms with E-state index in [-0.39, 0.29) is 24.5 Å². The molecule has 2 aromatic rings. The molecule has 190 valence electrons. The van der Waals surface area contributed by atoms with E-state index in [9.17, 15) is 24.3 Å². The van der Waals surface area contributed by atoms with Gasteiger partial charge >= 0.3 is 5.97 Å². The number of aliphatic carboxylic acids is 1. The monoisotopic (exact) mass is 504 g/mol. The van der Waals surface area contributed by atoms with Gasteiger partial charge in [-0.25, -0.2) is 9.78 Å². The standard InChI is InChI=1S/C23H32N6O5S/c1-13(2)19(22(32)28-18(11-35)23(33)34)29-21(31)17(8-14-6-4-3-5-7-14)27-20(30)16(24)9-15-10-25-12-26-15/h3-7,10,12-13,16-19,35H,8-9,11,24H2,1-2H3,(H,25,26)(H,27,30)(H,28,32)(H,29,31)(H,33,34). The third kappa shape index (κ3) is 8.72. The number of hydrogen-bond donors (Lipinski definition) is 7. The molecule has 0 saturated carbocycles. The molecule has 4 unspecified atom stereocenters. The second kappa shape index (κ2) is 13.5. The van der Waals surface area contributed by atoms with Crippen molar-refractivity contribution in [3.05, 3.63) is 54.1 Å². The third-order valence-corrected chi connectivity index (χ3v) is 5.66. The molecular weight excluding hydrogens is 472 g/mol. The van der Waals surface area contributed by atoms with Gasteiger partial charge in [0.15, 0.2) is 0 Å². The number of carbonyl (C=O) groups excluding carboxylic acids is 3. The molecule has 0 aliphatic rings. The number of nitrogens with one attached hydrogen (secondary N) is 4. The van der Waals surface area contributed by atoms with Crippen LogP contribution in [-0.4, -0.2) is 68.7 Å². The first-order valence-corrected chi connectivity index (χ1v) is 11.8. The molecule has 1 aromatic heterocycles. The second-order valence-electron chi connectivity index (χ2n) is 8.45. The van der Waals surface area contributed by atoms with E-state index in [1.165, 1.54) is 6.33 Å². The van der Waals surface area contributed by atoms with Crippen molar-refractivity contribution < 1.29 is 24.3 Å². The lowest BCUT2D eigenvalue weighted by Gasteiger charge is -2.27. The highest BCUT2D eigenvalue weighted by Gasteiger charge is 2.31. The highest BCUT2D eigenvalue weighted by molar-refractivity contribution is 7.80. The minimum absolute atomic E-state index is 0.110. The van der Waals surface area contributed by atoms with E-state index < -0.39 is 47.9 Å². The fourth-order valence-corrected chi connectivity index (χ4v) is 3.55. The summed E-state index contributed by atoms with van der Waals surface area (Å²) in [4.78, 5) is 56.8. The van der Waals surface area contributed by atoms with Crippen LogP contribution in [0.25, 0.3) is 0 Å². The van der Waals surface area contributed by atoms with Gasteiger partial charge in [-0.3, -0.25) is 14.4 Å². The van der Waals surface area contributed by atoms with E-state index in [0.29, 0.717) is 5.69 Å². The zero-order chi connectivity index (χ0) is 26.0. The largest absolute Gasteiger partial charge is 0.480 e. The highest BCUT2D eigenvalue weighted by atomic mass is 32.1. The normalized spacial score (nSPS) is 14.4. The van der Waals surface area contributed by atoms with Gasteiger partial charge < -0.3 is 31.8 Å². The number of nitrogens with two attached hydrogens (primary N) is 1. The number of imidazole rings is 1. The minimum Gasteiger partial charge on any atom is -0.480 e. The molecule has 1 aromatic carbocycles. The number of carbonyl (C=O) groups is 4. The van der Waals surface area contributed by atoms with Crippen LogP contribution < -0.4 is 21.7 Å². The van der Waals surface area contributed by atoms with E-state index in [1.54, 1.807) is 20.0 Å². The Bertz CT molecular complexity index is 986. The Morgan fingerprint density at radius 2 is 1.66 bits per heavy atom. The molecule has 1 heterocycles. The summed E-state index contributed by atoms with van der Waals surface area (Å²) >= 11 is 3.95. The Hall–Kier alpha value is -3.38. The topological polar surface area (TPSA) is 179 Å². The average Bonchev–Trinajstić information content (AvgIpc) is 3.33. The summed E-state index contributed by atoms with van der Waals surface area (Å²) in [5, 5.41) is 16.9. The van der Waals surface area contributed by atoms with Crippen molar-refractivity contribution in [3.8, 4) is 0 Å². The number of amides is 3. The smallest absolute Gasteiger partial charge is 0.327 e. The van der Waals surface area contributed by atoms with Gasteiger partial charge in [-0.1, -0.05) is 44.2 Å². The van der Waals surface area contributed by atoms with Crippen LogP contribution in [-0.2, 0) is 32.0 Å². The maximum atomic E-state index is 13.2. The summed E-state index contributed by atoms with van der Waals surface area (Å²) in [6, 6.07) is 4.89. The Morgan fingerprint density at radius 3 is 2.20 bits per heavy atom. The second-order valence-corrected chi connectivity index (χ2v) is 8.82. The van der Waals surface area contributed by atoms with Gasteiger partial charge in [0.05, 0.1) is 12.4 Å². The Kier molecular flexibility index (Phi) is 10.7. The van der Waals surface area contributed by atoms with Gasteiger partial charge in [0.1, 0.15) is 18.1 Å². The van der Waals surface area contributed by atoms with E-state index >= 15 is 0 Å². The first-order valence-electron chi connectivity index (χ1n) is 11.1. The predicted octanol–water partition coefficient (Wildman–Crippen LogP) is -0.353. The molecule has 0 saturated heterocycles. The van der Waals surface area contributed by atoms with Crippen molar-refractivity contribution in [1.82, 2.24) is 25.9 Å². The summed E-state index contributed by atoms with van der Waals surface area (Å²) in [6.45, 7) is 3.43. The highest BCUT2D eigenvalue weighted by Crippen LogP contribution is 2.08. The van der Waals surface area contributed by atoms with Crippen LogP contribution >= 0.6 is 12.6 Å². The molecule has 0 fully saturated rings. The van der Waals surface area contributed by atoms with Gasteiger partial charge in [-0.15, -0.1) is 0 Å². The summed E-state index contributed by atoms with van der Waals surface area (Å²) in [5.74, 6) is -3.49. The first-order chi connectivity index (χ1) is 16.6. The molecular formula is C23H32N6O5S. The number of carboxylic acids is 1. The molecule has 3 amide bonds. The number of benzene rings is 1. The molecule has 2 rings (SSSR count). The first kappa shape index (κ1) is 27.9. The van der Waals surface area contributed by atoms with Crippen LogP contribution in [0.5, 0.6) is 0 Å². The SMILES string of the molecule is CC(C)C(NC(=O)C(Cc1ccccc1)NC(=O)C(N)Cc1cnc[nH]1)C(=O)NC(CS)C(=O)O. The number of thiol groups is 1. The molecule has 0 radical (unpaired) electrons. The van der Waals surface area contributed by atoms with E-state index in [0.717, 1.165) is 5.56 Å². The number of nitrogens with zero attached hydrogens (tertiary/aromatic N) is 1. The van der Waals surface area contributed by atoms with Crippen LogP contribution in [0.4, 0.5) is 0 Å².